The molecule has 0 aliphatic carbocycles. The van der Waals surface area contributed by atoms with Crippen LogP contribution in [0.3, 0.4) is 0 Å². The molecule has 1 aromatic carbocycles. The molecule has 19 heavy (non-hydrogen) atoms. The summed E-state index contributed by atoms with van der Waals surface area (Å²) >= 11 is 0. The van der Waals surface area contributed by atoms with Gasteiger partial charge >= 0.3 is 0 Å². The van der Waals surface area contributed by atoms with Crippen LogP contribution >= 0.6 is 10.7 Å². The maximum absolute atomic E-state index is 12.2. The van der Waals surface area contributed by atoms with Gasteiger partial charge in [-0.05, 0) is 24.6 Å². The van der Waals surface area contributed by atoms with Crippen molar-refractivity contribution in [3.63, 3.8) is 0 Å². The molecule has 1 aromatic rings. The number of ether oxygens (including phenoxy) is 1. The number of hydrogen-bond acceptors (Lipinski definition) is 4. The molecule has 0 radical (unpaired) electrons. The second-order valence-electron chi connectivity index (χ2n) is 4.03. The van der Waals surface area contributed by atoms with E-state index in [4.69, 9.17) is 15.4 Å². The minimum atomic E-state index is -3.88. The molecule has 0 saturated carbocycles. The number of amides is 1. The minimum absolute atomic E-state index is 0.122. The van der Waals surface area contributed by atoms with Crippen LogP contribution in [0.2, 0.25) is 0 Å². The molecule has 1 amide bonds. The lowest BCUT2D eigenvalue weighted by Gasteiger charge is -2.18. The van der Waals surface area contributed by atoms with Gasteiger partial charge < -0.3 is 9.64 Å². The van der Waals surface area contributed by atoms with Crippen molar-refractivity contribution in [2.75, 3.05) is 20.7 Å². The van der Waals surface area contributed by atoms with Gasteiger partial charge in [-0.25, -0.2) is 8.42 Å². The summed E-state index contributed by atoms with van der Waals surface area (Å²) in [4.78, 5) is 13.6. The SMILES string of the molecule is CCCN(C)C(=O)c1cc(S(=O)(=O)Cl)ccc1OC. The van der Waals surface area contributed by atoms with Gasteiger partial charge in [-0.2, -0.15) is 0 Å². The van der Waals surface area contributed by atoms with Crippen molar-refractivity contribution in [2.45, 2.75) is 18.2 Å². The summed E-state index contributed by atoms with van der Waals surface area (Å²) in [5, 5.41) is 0. The van der Waals surface area contributed by atoms with E-state index in [2.05, 4.69) is 0 Å². The van der Waals surface area contributed by atoms with E-state index in [1.165, 1.54) is 30.2 Å². The predicted octanol–water partition coefficient (Wildman–Crippen LogP) is 2.10. The molecule has 0 atom stereocenters. The number of methoxy groups -OCH3 is 1. The van der Waals surface area contributed by atoms with Gasteiger partial charge in [-0.15, -0.1) is 0 Å². The molecule has 1 rings (SSSR count). The number of carbonyl (C=O) groups is 1. The molecule has 0 saturated heterocycles. The van der Waals surface area contributed by atoms with Crippen molar-refractivity contribution in [3.05, 3.63) is 23.8 Å². The van der Waals surface area contributed by atoms with Crippen LogP contribution in [0.25, 0.3) is 0 Å². The van der Waals surface area contributed by atoms with Gasteiger partial charge in [0.15, 0.2) is 0 Å². The van der Waals surface area contributed by atoms with Gasteiger partial charge in [0.25, 0.3) is 15.0 Å². The van der Waals surface area contributed by atoms with Crippen LogP contribution in [-0.2, 0) is 9.05 Å². The largest absolute Gasteiger partial charge is 0.496 e. The van der Waals surface area contributed by atoms with Crippen molar-refractivity contribution in [1.29, 1.82) is 0 Å². The zero-order valence-corrected chi connectivity index (χ0v) is 12.6. The van der Waals surface area contributed by atoms with Crippen LogP contribution in [0.4, 0.5) is 0 Å². The summed E-state index contributed by atoms with van der Waals surface area (Å²) in [6, 6.07) is 3.95. The number of hydrogen-bond donors (Lipinski definition) is 0. The Balaban J connectivity index is 3.27. The number of carbonyl (C=O) groups excluding carboxylic acids is 1. The molecule has 7 heteroatoms. The summed E-state index contributed by atoms with van der Waals surface area (Å²) in [5.41, 5.74) is 0.181. The third-order valence-electron chi connectivity index (χ3n) is 2.59. The highest BCUT2D eigenvalue weighted by Crippen LogP contribution is 2.25. The van der Waals surface area contributed by atoms with E-state index in [1.807, 2.05) is 6.92 Å². The third-order valence-corrected chi connectivity index (χ3v) is 3.94. The number of benzene rings is 1. The molecule has 0 heterocycles. The van der Waals surface area contributed by atoms with Crippen molar-refractivity contribution in [1.82, 2.24) is 4.90 Å². The van der Waals surface area contributed by atoms with E-state index >= 15 is 0 Å². The highest BCUT2D eigenvalue weighted by Gasteiger charge is 2.20. The summed E-state index contributed by atoms with van der Waals surface area (Å²) in [7, 11) is 4.47. The first-order chi connectivity index (χ1) is 8.81. The van der Waals surface area contributed by atoms with Gasteiger partial charge in [-0.3, -0.25) is 4.79 Å². The first-order valence-corrected chi connectivity index (χ1v) is 8.00. The Hall–Kier alpha value is -1.27. The van der Waals surface area contributed by atoms with Crippen LogP contribution in [0.5, 0.6) is 5.75 Å². The Morgan fingerprint density at radius 3 is 2.53 bits per heavy atom. The minimum Gasteiger partial charge on any atom is -0.496 e. The Morgan fingerprint density at radius 1 is 1.42 bits per heavy atom. The van der Waals surface area contributed by atoms with Crippen LogP contribution in [0, 0.1) is 0 Å². The third kappa shape index (κ3) is 3.84. The maximum Gasteiger partial charge on any atom is 0.261 e. The van der Waals surface area contributed by atoms with Crippen LogP contribution in [-0.4, -0.2) is 39.9 Å². The molecule has 106 valence electrons. The lowest BCUT2D eigenvalue weighted by Crippen LogP contribution is -2.27. The standard InChI is InChI=1S/C12H16ClNO4S/c1-4-7-14(2)12(15)10-8-9(19(13,16)17)5-6-11(10)18-3/h5-6,8H,4,7H2,1-3H3. The monoisotopic (exact) mass is 305 g/mol. The van der Waals surface area contributed by atoms with Crippen LogP contribution < -0.4 is 4.74 Å². The van der Waals surface area contributed by atoms with E-state index in [-0.39, 0.29) is 16.4 Å². The Morgan fingerprint density at radius 2 is 2.05 bits per heavy atom. The average molecular weight is 306 g/mol. The normalized spacial score (nSPS) is 11.2. The molecule has 0 N–H and O–H groups in total. The molecule has 0 aromatic heterocycles. The Bertz CT molecular complexity index is 571. The van der Waals surface area contributed by atoms with Crippen molar-refractivity contribution in [2.24, 2.45) is 0 Å². The topological polar surface area (TPSA) is 63.7 Å². The quantitative estimate of drug-likeness (QED) is 0.782. The Labute approximate surface area is 117 Å². The zero-order valence-electron chi connectivity index (χ0n) is 11.0. The van der Waals surface area contributed by atoms with Gasteiger partial charge in [0.2, 0.25) is 0 Å². The summed E-state index contributed by atoms with van der Waals surface area (Å²) < 4.78 is 27.7. The van der Waals surface area contributed by atoms with Gasteiger partial charge in [0, 0.05) is 24.3 Å². The maximum atomic E-state index is 12.2. The van der Waals surface area contributed by atoms with Crippen molar-refractivity contribution < 1.29 is 17.9 Å². The molecule has 0 bridgehead atoms. The number of rotatable bonds is 5. The molecule has 0 aliphatic heterocycles. The van der Waals surface area contributed by atoms with E-state index in [0.717, 1.165) is 6.42 Å². The van der Waals surface area contributed by atoms with Crippen LogP contribution in [0.15, 0.2) is 23.1 Å². The van der Waals surface area contributed by atoms with E-state index in [0.29, 0.717) is 12.3 Å². The van der Waals surface area contributed by atoms with Crippen molar-refractivity contribution >= 4 is 25.6 Å². The summed E-state index contributed by atoms with van der Waals surface area (Å²) in [6.45, 7) is 2.51. The van der Waals surface area contributed by atoms with E-state index in [1.54, 1.807) is 7.05 Å². The lowest BCUT2D eigenvalue weighted by atomic mass is 10.1. The first-order valence-electron chi connectivity index (χ1n) is 5.69. The lowest BCUT2D eigenvalue weighted by molar-refractivity contribution is 0.0791. The molecule has 0 aliphatic rings. The predicted molar refractivity (Wildman–Crippen MR) is 73.3 cm³/mol. The molecular formula is C12H16ClNO4S. The average Bonchev–Trinajstić information content (AvgIpc) is 2.36. The van der Waals surface area contributed by atoms with Crippen molar-refractivity contribution in [3.8, 4) is 5.75 Å². The fraction of sp³-hybridized carbons (Fsp3) is 0.417. The van der Waals surface area contributed by atoms with Gasteiger partial charge in [0.05, 0.1) is 17.6 Å². The smallest absolute Gasteiger partial charge is 0.261 e. The van der Waals surface area contributed by atoms with E-state index in [9.17, 15) is 13.2 Å². The zero-order chi connectivity index (χ0) is 14.6. The molecule has 0 fully saturated rings. The molecular weight excluding hydrogens is 290 g/mol. The second kappa shape index (κ2) is 6.25. The van der Waals surface area contributed by atoms with E-state index < -0.39 is 9.05 Å². The summed E-state index contributed by atoms with van der Waals surface area (Å²) in [6.07, 6.45) is 0.804. The fourth-order valence-electron chi connectivity index (χ4n) is 1.65. The first kappa shape index (κ1) is 15.8. The summed E-state index contributed by atoms with van der Waals surface area (Å²) in [5.74, 6) is 0.0119. The molecule has 5 nitrogen and oxygen atoms in total. The van der Waals surface area contributed by atoms with Gasteiger partial charge in [-0.1, -0.05) is 6.92 Å². The van der Waals surface area contributed by atoms with Crippen LogP contribution in [0.1, 0.15) is 23.7 Å². The Kier molecular flexibility index (Phi) is 5.20. The molecule has 0 unspecified atom stereocenters. The molecule has 0 spiro atoms. The fourth-order valence-corrected chi connectivity index (χ4v) is 2.43. The highest BCUT2D eigenvalue weighted by atomic mass is 35.7. The highest BCUT2D eigenvalue weighted by molar-refractivity contribution is 8.13. The second-order valence-corrected chi connectivity index (χ2v) is 6.59. The van der Waals surface area contributed by atoms with Gasteiger partial charge in [0.1, 0.15) is 5.75 Å². The number of nitrogens with zero attached hydrogens (tertiary/aromatic N) is 1. The number of halogens is 1.